The predicted molar refractivity (Wildman–Crippen MR) is 95.0 cm³/mol. The Morgan fingerprint density at radius 3 is 2.56 bits per heavy atom. The third-order valence-electron chi connectivity index (χ3n) is 4.89. The van der Waals surface area contributed by atoms with Crippen LogP contribution < -0.4 is 14.5 Å². The van der Waals surface area contributed by atoms with Crippen LogP contribution in [0, 0.1) is 0 Å². The number of carbonyl (C=O) groups is 1. The van der Waals surface area contributed by atoms with Crippen LogP contribution >= 0.6 is 0 Å². The van der Waals surface area contributed by atoms with Gasteiger partial charge in [0.1, 0.15) is 25.4 Å². The number of nitrogens with one attached hydrogen (secondary N) is 1. The third kappa shape index (κ3) is 3.38. The minimum absolute atomic E-state index is 0.0935. The molecule has 2 heterocycles. The van der Waals surface area contributed by atoms with E-state index in [0.29, 0.717) is 13.2 Å². The number of morpholine rings is 1. The molecule has 2 aliphatic heterocycles. The van der Waals surface area contributed by atoms with Gasteiger partial charge in [0.25, 0.3) is 5.91 Å². The fraction of sp³-hybridized carbons (Fsp3) is 0.350. The molecule has 0 radical (unpaired) electrons. The molecule has 5 heteroatoms. The molecule has 130 valence electrons. The standard InChI is InChI=1S/C20H22N2O3/c23-20(14-21-10-12-24-13-11-21)22-17-8-4-5-9-19(17)25-15-18(22)16-6-2-1-3-7-16/h1-9,18H,10-15H2/p+1/t18-/m0/s1. The number of hydrogen-bond acceptors (Lipinski definition) is 3. The van der Waals surface area contributed by atoms with Crippen LogP contribution in [0.1, 0.15) is 11.6 Å². The maximum Gasteiger partial charge on any atom is 0.282 e. The lowest BCUT2D eigenvalue weighted by atomic mass is 10.0. The highest BCUT2D eigenvalue weighted by Crippen LogP contribution is 2.39. The Morgan fingerprint density at radius 1 is 1.04 bits per heavy atom. The number of hydrogen-bond donors (Lipinski definition) is 1. The summed E-state index contributed by atoms with van der Waals surface area (Å²) < 4.78 is 11.3. The molecule has 0 unspecified atom stereocenters. The van der Waals surface area contributed by atoms with Crippen LogP contribution in [-0.4, -0.2) is 45.4 Å². The molecule has 2 aromatic carbocycles. The Morgan fingerprint density at radius 2 is 1.76 bits per heavy atom. The van der Waals surface area contributed by atoms with Gasteiger partial charge >= 0.3 is 0 Å². The van der Waals surface area contributed by atoms with Gasteiger partial charge in [0.05, 0.1) is 24.9 Å². The van der Waals surface area contributed by atoms with Crippen molar-refractivity contribution < 1.29 is 19.2 Å². The van der Waals surface area contributed by atoms with E-state index in [4.69, 9.17) is 9.47 Å². The minimum atomic E-state index is -0.0935. The molecule has 1 saturated heterocycles. The van der Waals surface area contributed by atoms with Crippen LogP contribution in [-0.2, 0) is 9.53 Å². The van der Waals surface area contributed by atoms with Gasteiger partial charge in [0.15, 0.2) is 6.54 Å². The minimum Gasteiger partial charge on any atom is -0.489 e. The average molecular weight is 339 g/mol. The van der Waals surface area contributed by atoms with Crippen molar-refractivity contribution in [1.29, 1.82) is 0 Å². The molecule has 1 amide bonds. The van der Waals surface area contributed by atoms with Crippen molar-refractivity contribution in [3.05, 3.63) is 60.2 Å². The Kier molecular flexibility index (Phi) is 4.68. The molecular formula is C20H23N2O3+. The van der Waals surface area contributed by atoms with Gasteiger partial charge in [-0.25, -0.2) is 0 Å². The summed E-state index contributed by atoms with van der Waals surface area (Å²) in [4.78, 5) is 16.4. The van der Waals surface area contributed by atoms with Crippen molar-refractivity contribution >= 4 is 11.6 Å². The van der Waals surface area contributed by atoms with Gasteiger partial charge in [0, 0.05) is 0 Å². The number of para-hydroxylation sites is 2. The van der Waals surface area contributed by atoms with Gasteiger partial charge in [0.2, 0.25) is 0 Å². The second-order valence-electron chi connectivity index (χ2n) is 6.51. The van der Waals surface area contributed by atoms with Crippen molar-refractivity contribution in [2.24, 2.45) is 0 Å². The van der Waals surface area contributed by atoms with E-state index in [1.807, 2.05) is 47.4 Å². The van der Waals surface area contributed by atoms with Crippen molar-refractivity contribution in [3.63, 3.8) is 0 Å². The van der Waals surface area contributed by atoms with Crippen molar-refractivity contribution in [2.75, 3.05) is 44.4 Å². The first kappa shape index (κ1) is 16.1. The normalized spacial score (nSPS) is 20.6. The highest BCUT2D eigenvalue weighted by Gasteiger charge is 2.35. The summed E-state index contributed by atoms with van der Waals surface area (Å²) in [6, 6.07) is 17.8. The maximum absolute atomic E-state index is 13.2. The Hall–Kier alpha value is -2.37. The summed E-state index contributed by atoms with van der Waals surface area (Å²) in [6.45, 7) is 4.18. The van der Waals surface area contributed by atoms with E-state index in [9.17, 15) is 4.79 Å². The van der Waals surface area contributed by atoms with E-state index in [-0.39, 0.29) is 11.9 Å². The topological polar surface area (TPSA) is 43.2 Å². The fourth-order valence-corrected chi connectivity index (χ4v) is 3.55. The predicted octanol–water partition coefficient (Wildman–Crippen LogP) is 1.07. The monoisotopic (exact) mass is 339 g/mol. The maximum atomic E-state index is 13.2. The largest absolute Gasteiger partial charge is 0.489 e. The van der Waals surface area contributed by atoms with Gasteiger partial charge in [-0.15, -0.1) is 0 Å². The van der Waals surface area contributed by atoms with Gasteiger partial charge in [-0.05, 0) is 17.7 Å². The zero-order chi connectivity index (χ0) is 17.1. The summed E-state index contributed by atoms with van der Waals surface area (Å²) >= 11 is 0. The lowest BCUT2D eigenvalue weighted by Gasteiger charge is -2.38. The Balaban J connectivity index is 1.64. The number of nitrogens with zero attached hydrogens (tertiary/aromatic N) is 1. The molecule has 2 aromatic rings. The summed E-state index contributed by atoms with van der Waals surface area (Å²) in [5, 5.41) is 0. The van der Waals surface area contributed by atoms with E-state index in [1.165, 1.54) is 4.90 Å². The molecule has 0 spiro atoms. The van der Waals surface area contributed by atoms with Crippen LogP contribution in [0.4, 0.5) is 5.69 Å². The van der Waals surface area contributed by atoms with Gasteiger partial charge in [-0.2, -0.15) is 0 Å². The average Bonchev–Trinajstić information content (AvgIpc) is 2.68. The Bertz CT molecular complexity index is 729. The second-order valence-corrected chi connectivity index (χ2v) is 6.51. The molecule has 1 N–H and O–H groups in total. The quantitative estimate of drug-likeness (QED) is 0.910. The molecule has 25 heavy (non-hydrogen) atoms. The fourth-order valence-electron chi connectivity index (χ4n) is 3.55. The molecule has 2 aliphatic rings. The van der Waals surface area contributed by atoms with E-state index < -0.39 is 0 Å². The molecule has 0 saturated carbocycles. The lowest BCUT2D eigenvalue weighted by molar-refractivity contribution is -0.900. The number of quaternary nitrogens is 1. The number of ether oxygens (including phenoxy) is 2. The summed E-state index contributed by atoms with van der Waals surface area (Å²) in [5.41, 5.74) is 1.96. The van der Waals surface area contributed by atoms with E-state index in [0.717, 1.165) is 43.3 Å². The first-order valence-electron chi connectivity index (χ1n) is 8.83. The molecular weight excluding hydrogens is 316 g/mol. The zero-order valence-electron chi connectivity index (χ0n) is 14.2. The van der Waals surface area contributed by atoms with Crippen molar-refractivity contribution in [1.82, 2.24) is 0 Å². The SMILES string of the molecule is O=C(C[NH+]1CCOCC1)N1c2ccccc2OC[C@H]1c1ccccc1. The van der Waals surface area contributed by atoms with E-state index in [2.05, 4.69) is 12.1 Å². The van der Waals surface area contributed by atoms with Crippen LogP contribution in [0.5, 0.6) is 5.75 Å². The van der Waals surface area contributed by atoms with Crippen LogP contribution in [0.15, 0.2) is 54.6 Å². The summed E-state index contributed by atoms with van der Waals surface area (Å²) in [7, 11) is 0. The second kappa shape index (κ2) is 7.25. The van der Waals surface area contributed by atoms with Crippen LogP contribution in [0.3, 0.4) is 0 Å². The third-order valence-corrected chi connectivity index (χ3v) is 4.89. The number of anilines is 1. The molecule has 0 aromatic heterocycles. The number of benzene rings is 2. The molecule has 4 rings (SSSR count). The summed E-state index contributed by atoms with van der Waals surface area (Å²) in [6.07, 6.45) is 0. The number of amides is 1. The molecule has 0 aliphatic carbocycles. The van der Waals surface area contributed by atoms with Crippen molar-refractivity contribution in [2.45, 2.75) is 6.04 Å². The molecule has 1 atom stereocenters. The van der Waals surface area contributed by atoms with E-state index >= 15 is 0 Å². The zero-order valence-corrected chi connectivity index (χ0v) is 14.2. The summed E-state index contributed by atoms with van der Waals surface area (Å²) in [5.74, 6) is 0.918. The number of fused-ring (bicyclic) bond motifs is 1. The van der Waals surface area contributed by atoms with Crippen LogP contribution in [0.25, 0.3) is 0 Å². The van der Waals surface area contributed by atoms with Gasteiger partial charge in [-0.3, -0.25) is 9.69 Å². The highest BCUT2D eigenvalue weighted by molar-refractivity contribution is 5.96. The number of rotatable bonds is 3. The molecule has 1 fully saturated rings. The number of carbonyl (C=O) groups excluding carboxylic acids is 1. The smallest absolute Gasteiger partial charge is 0.282 e. The van der Waals surface area contributed by atoms with E-state index in [1.54, 1.807) is 0 Å². The molecule has 5 nitrogen and oxygen atoms in total. The first-order valence-corrected chi connectivity index (χ1v) is 8.83. The Labute approximate surface area is 147 Å². The van der Waals surface area contributed by atoms with Gasteiger partial charge < -0.3 is 14.4 Å². The van der Waals surface area contributed by atoms with Crippen molar-refractivity contribution in [3.8, 4) is 5.75 Å². The van der Waals surface area contributed by atoms with Crippen LogP contribution in [0.2, 0.25) is 0 Å². The molecule has 0 bridgehead atoms. The first-order chi connectivity index (χ1) is 12.3. The lowest BCUT2D eigenvalue weighted by Crippen LogP contribution is -3.15. The van der Waals surface area contributed by atoms with Gasteiger partial charge in [-0.1, -0.05) is 42.5 Å². The highest BCUT2D eigenvalue weighted by atomic mass is 16.5.